The van der Waals surface area contributed by atoms with Crippen molar-refractivity contribution in [3.8, 4) is 0 Å². The molecular weight excluding hydrogens is 290 g/mol. The molecule has 0 unspecified atom stereocenters. The average Bonchev–Trinajstić information content (AvgIpc) is 2.81. The molecule has 6 heteroatoms. The van der Waals surface area contributed by atoms with Crippen LogP contribution >= 0.6 is 23.1 Å². The number of benzene rings is 1. The second-order valence-electron chi connectivity index (χ2n) is 4.18. The number of rotatable bonds is 4. The Morgan fingerprint density at radius 2 is 2.05 bits per heavy atom. The predicted octanol–water partition coefficient (Wildman–Crippen LogP) is 3.13. The Bertz CT molecular complexity index is 656. The lowest BCUT2D eigenvalue weighted by Gasteiger charge is -1.96. The Hall–Kier alpha value is -1.40. The summed E-state index contributed by atoms with van der Waals surface area (Å²) in [6, 6.07) is 7.45. The highest BCUT2D eigenvalue weighted by Crippen LogP contribution is 2.16. The van der Waals surface area contributed by atoms with Crippen molar-refractivity contribution >= 4 is 29.0 Å². The summed E-state index contributed by atoms with van der Waals surface area (Å²) in [5.41, 5.74) is 1.74. The first kappa shape index (κ1) is 15.0. The largest absolute Gasteiger partial charge is 0.279 e. The molecular formula is C14H17N3OS2. The minimum atomic E-state index is -0.219. The van der Waals surface area contributed by atoms with Crippen LogP contribution in [0.25, 0.3) is 0 Å². The number of nitrogens with zero attached hydrogens (tertiary/aromatic N) is 3. The van der Waals surface area contributed by atoms with E-state index in [2.05, 4.69) is 17.0 Å². The maximum absolute atomic E-state index is 12.2. The van der Waals surface area contributed by atoms with Crippen LogP contribution in [0.1, 0.15) is 29.8 Å². The Balaban J connectivity index is 2.34. The van der Waals surface area contributed by atoms with Crippen molar-refractivity contribution in [2.45, 2.75) is 31.7 Å². The maximum atomic E-state index is 12.2. The molecule has 0 aliphatic rings. The lowest BCUT2D eigenvalue weighted by molar-refractivity contribution is 0.0997. The molecule has 1 heterocycles. The van der Waals surface area contributed by atoms with Crippen molar-refractivity contribution in [2.24, 2.45) is 4.99 Å². The molecule has 106 valence electrons. The van der Waals surface area contributed by atoms with Gasteiger partial charge in [0.25, 0.3) is 5.91 Å². The van der Waals surface area contributed by atoms with Crippen molar-refractivity contribution < 1.29 is 4.79 Å². The highest BCUT2D eigenvalue weighted by molar-refractivity contribution is 8.00. The molecule has 0 saturated carbocycles. The smallest absolute Gasteiger partial charge is 0.267 e. The van der Waals surface area contributed by atoms with Crippen LogP contribution < -0.4 is 4.80 Å². The topological polar surface area (TPSA) is 47.2 Å². The molecule has 0 atom stereocenters. The molecule has 1 aromatic heterocycles. The van der Waals surface area contributed by atoms with Gasteiger partial charge < -0.3 is 0 Å². The van der Waals surface area contributed by atoms with Crippen LogP contribution in [0.4, 0.5) is 0 Å². The first-order valence-electron chi connectivity index (χ1n) is 6.50. The number of carbonyl (C=O) groups is 1. The Morgan fingerprint density at radius 1 is 1.35 bits per heavy atom. The summed E-state index contributed by atoms with van der Waals surface area (Å²) in [6.45, 7) is 6.78. The number of hydrogen-bond acceptors (Lipinski definition) is 4. The van der Waals surface area contributed by atoms with Crippen LogP contribution in [-0.2, 0) is 6.54 Å². The fourth-order valence-corrected chi connectivity index (χ4v) is 3.52. The van der Waals surface area contributed by atoms with E-state index in [0.29, 0.717) is 16.9 Å². The van der Waals surface area contributed by atoms with Gasteiger partial charge in [-0.25, -0.2) is 4.68 Å². The van der Waals surface area contributed by atoms with Crippen LogP contribution in [-0.4, -0.2) is 21.4 Å². The van der Waals surface area contributed by atoms with E-state index >= 15 is 0 Å². The number of amides is 1. The predicted molar refractivity (Wildman–Crippen MR) is 83.2 cm³/mol. The number of carbonyl (C=O) groups excluding carboxylic acids is 1. The zero-order valence-corrected chi connectivity index (χ0v) is 13.4. The minimum absolute atomic E-state index is 0.219. The fourth-order valence-electron chi connectivity index (χ4n) is 1.61. The van der Waals surface area contributed by atoms with Crippen LogP contribution in [0.5, 0.6) is 0 Å². The molecule has 0 spiro atoms. The standard InChI is InChI=1S/C14H17N3OS2/c1-4-17-13(20-14(16-17)19-5-2)15-12(18)11-8-6-10(3)7-9-11/h6-9H,4-5H2,1-3H3. The van der Waals surface area contributed by atoms with Gasteiger partial charge >= 0.3 is 0 Å². The second-order valence-corrected chi connectivity index (χ2v) is 6.65. The van der Waals surface area contributed by atoms with Crippen LogP contribution in [0.2, 0.25) is 0 Å². The van der Waals surface area contributed by atoms with Gasteiger partial charge in [0, 0.05) is 12.1 Å². The van der Waals surface area contributed by atoms with Crippen LogP contribution in [0.3, 0.4) is 0 Å². The van der Waals surface area contributed by atoms with Crippen LogP contribution in [0, 0.1) is 6.92 Å². The first-order chi connectivity index (χ1) is 9.63. The van der Waals surface area contributed by atoms with Crippen molar-refractivity contribution in [1.82, 2.24) is 9.78 Å². The normalized spacial score (nSPS) is 11.8. The van der Waals surface area contributed by atoms with E-state index in [1.807, 2.05) is 26.0 Å². The van der Waals surface area contributed by atoms with Crippen molar-refractivity contribution in [3.63, 3.8) is 0 Å². The summed E-state index contributed by atoms with van der Waals surface area (Å²) in [5.74, 6) is 0.742. The molecule has 2 rings (SSSR count). The number of aromatic nitrogens is 2. The van der Waals surface area contributed by atoms with Crippen LogP contribution in [0.15, 0.2) is 33.6 Å². The van der Waals surface area contributed by atoms with Crippen molar-refractivity contribution in [3.05, 3.63) is 40.2 Å². The molecule has 0 saturated heterocycles. The van der Waals surface area contributed by atoms with Gasteiger partial charge in [-0.2, -0.15) is 10.1 Å². The highest BCUT2D eigenvalue weighted by atomic mass is 32.2. The summed E-state index contributed by atoms with van der Waals surface area (Å²) in [4.78, 5) is 17.0. The average molecular weight is 307 g/mol. The third kappa shape index (κ3) is 3.58. The molecule has 0 fully saturated rings. The molecule has 0 radical (unpaired) electrons. The lowest BCUT2D eigenvalue weighted by atomic mass is 10.1. The van der Waals surface area contributed by atoms with Gasteiger partial charge in [-0.05, 0) is 31.7 Å². The molecule has 20 heavy (non-hydrogen) atoms. The lowest BCUT2D eigenvalue weighted by Crippen LogP contribution is -2.17. The van der Waals surface area contributed by atoms with Crippen molar-refractivity contribution in [2.75, 3.05) is 5.75 Å². The van der Waals surface area contributed by atoms with Gasteiger partial charge in [0.1, 0.15) is 0 Å². The first-order valence-corrected chi connectivity index (χ1v) is 8.30. The summed E-state index contributed by atoms with van der Waals surface area (Å²) < 4.78 is 2.72. The molecule has 0 aliphatic heterocycles. The third-order valence-corrected chi connectivity index (χ3v) is 4.63. The number of hydrogen-bond donors (Lipinski definition) is 0. The van der Waals surface area contributed by atoms with Gasteiger partial charge in [0.05, 0.1) is 0 Å². The van der Waals surface area contributed by atoms with Gasteiger partial charge in [-0.3, -0.25) is 4.79 Å². The summed E-state index contributed by atoms with van der Waals surface area (Å²) in [6.07, 6.45) is 0. The molecule has 0 aliphatic carbocycles. The quantitative estimate of drug-likeness (QED) is 0.815. The fraction of sp³-hybridized carbons (Fsp3) is 0.357. The molecule has 2 aromatic rings. The van der Waals surface area contributed by atoms with E-state index in [1.165, 1.54) is 11.3 Å². The van der Waals surface area contributed by atoms with Crippen molar-refractivity contribution in [1.29, 1.82) is 0 Å². The van der Waals surface area contributed by atoms with E-state index in [1.54, 1.807) is 28.6 Å². The van der Waals surface area contributed by atoms with E-state index in [9.17, 15) is 4.79 Å². The summed E-state index contributed by atoms with van der Waals surface area (Å²) in [5, 5.41) is 4.43. The SMILES string of the molecule is CCSc1nn(CC)c(=NC(=O)c2ccc(C)cc2)s1. The van der Waals surface area contributed by atoms with Gasteiger partial charge in [-0.15, -0.1) is 0 Å². The van der Waals surface area contributed by atoms with Gasteiger partial charge in [0.2, 0.25) is 4.80 Å². The maximum Gasteiger partial charge on any atom is 0.279 e. The Labute approximate surface area is 126 Å². The summed E-state index contributed by atoms with van der Waals surface area (Å²) >= 11 is 3.13. The number of aryl methyl sites for hydroxylation is 2. The third-order valence-electron chi connectivity index (χ3n) is 2.66. The Kier molecular flexibility index (Phi) is 5.14. The zero-order valence-electron chi connectivity index (χ0n) is 11.8. The van der Waals surface area contributed by atoms with E-state index in [-0.39, 0.29) is 5.91 Å². The van der Waals surface area contributed by atoms with E-state index < -0.39 is 0 Å². The Morgan fingerprint density at radius 3 is 2.65 bits per heavy atom. The monoisotopic (exact) mass is 307 g/mol. The highest BCUT2D eigenvalue weighted by Gasteiger charge is 2.07. The zero-order chi connectivity index (χ0) is 14.5. The molecule has 1 amide bonds. The van der Waals surface area contributed by atoms with Gasteiger partial charge in [-0.1, -0.05) is 47.7 Å². The molecule has 1 aromatic carbocycles. The number of thioether (sulfide) groups is 1. The van der Waals surface area contributed by atoms with E-state index in [0.717, 1.165) is 15.7 Å². The molecule has 0 bridgehead atoms. The minimum Gasteiger partial charge on any atom is -0.267 e. The van der Waals surface area contributed by atoms with Gasteiger partial charge in [0.15, 0.2) is 4.34 Å². The molecule has 0 N–H and O–H groups in total. The summed E-state index contributed by atoms with van der Waals surface area (Å²) in [7, 11) is 0. The van der Waals surface area contributed by atoms with E-state index in [4.69, 9.17) is 0 Å². The second kappa shape index (κ2) is 6.85. The molecule has 4 nitrogen and oxygen atoms in total.